The van der Waals surface area contributed by atoms with Gasteiger partial charge in [0.2, 0.25) is 0 Å². The summed E-state index contributed by atoms with van der Waals surface area (Å²) in [5.74, 6) is -0.344. The van der Waals surface area contributed by atoms with E-state index in [1.807, 2.05) is 0 Å². The van der Waals surface area contributed by atoms with E-state index in [2.05, 4.69) is 4.98 Å². The summed E-state index contributed by atoms with van der Waals surface area (Å²) in [6.45, 7) is 0. The maximum absolute atomic E-state index is 12.7. The molecular weight excluding hydrogens is 280 g/mol. The number of halogens is 3. The lowest BCUT2D eigenvalue weighted by molar-refractivity contribution is 0.146. The predicted molar refractivity (Wildman–Crippen MR) is 55.3 cm³/mol. The molecule has 0 aliphatic carbocycles. The standard InChI is InChI=1S/C8H8ClF2NO4S/c1-15-5-3-4(6(10)11)8(17(9,13)14)12-7(5)16-2/h3,6H,1-2H3. The highest BCUT2D eigenvalue weighted by Crippen LogP contribution is 2.35. The quantitative estimate of drug-likeness (QED) is 0.792. The Kier molecular flexibility index (Phi) is 4.10. The summed E-state index contributed by atoms with van der Waals surface area (Å²) in [5, 5.41) is -0.938. The van der Waals surface area contributed by atoms with Gasteiger partial charge in [0.05, 0.1) is 19.8 Å². The van der Waals surface area contributed by atoms with Gasteiger partial charge in [0, 0.05) is 10.7 Å². The van der Waals surface area contributed by atoms with E-state index in [0.717, 1.165) is 6.07 Å². The molecule has 96 valence electrons. The first-order valence-corrected chi connectivity index (χ1v) is 6.48. The highest BCUT2D eigenvalue weighted by Gasteiger charge is 2.27. The molecule has 0 fully saturated rings. The Morgan fingerprint density at radius 3 is 2.29 bits per heavy atom. The van der Waals surface area contributed by atoms with Gasteiger partial charge in [-0.15, -0.1) is 0 Å². The Labute approximate surface area is 101 Å². The van der Waals surface area contributed by atoms with Crippen molar-refractivity contribution >= 4 is 19.7 Å². The largest absolute Gasteiger partial charge is 0.491 e. The lowest BCUT2D eigenvalue weighted by Gasteiger charge is -2.11. The molecule has 0 radical (unpaired) electrons. The topological polar surface area (TPSA) is 65.5 Å². The molecule has 1 aromatic rings. The van der Waals surface area contributed by atoms with Gasteiger partial charge in [-0.3, -0.25) is 0 Å². The van der Waals surface area contributed by atoms with E-state index >= 15 is 0 Å². The molecule has 0 atom stereocenters. The maximum Gasteiger partial charge on any atom is 0.279 e. The number of hydrogen-bond acceptors (Lipinski definition) is 5. The highest BCUT2D eigenvalue weighted by atomic mass is 35.7. The maximum atomic E-state index is 12.7. The summed E-state index contributed by atoms with van der Waals surface area (Å²) < 4.78 is 56.9. The van der Waals surface area contributed by atoms with Crippen LogP contribution in [-0.2, 0) is 9.05 Å². The zero-order valence-electron chi connectivity index (χ0n) is 8.78. The Bertz CT molecular complexity index is 521. The van der Waals surface area contributed by atoms with Crippen LogP contribution in [0.25, 0.3) is 0 Å². The zero-order valence-corrected chi connectivity index (χ0v) is 10.3. The molecule has 0 aromatic carbocycles. The van der Waals surface area contributed by atoms with Gasteiger partial charge in [-0.2, -0.15) is 4.98 Å². The summed E-state index contributed by atoms with van der Waals surface area (Å²) in [4.78, 5) is 3.41. The number of rotatable bonds is 4. The third kappa shape index (κ3) is 2.95. The van der Waals surface area contributed by atoms with Crippen molar-refractivity contribution in [2.45, 2.75) is 11.5 Å². The molecular formula is C8H8ClF2NO4S. The second-order valence-electron chi connectivity index (χ2n) is 2.83. The number of pyridine rings is 1. The molecule has 0 saturated heterocycles. The van der Waals surface area contributed by atoms with Gasteiger partial charge in [-0.1, -0.05) is 0 Å². The average molecular weight is 288 g/mol. The number of methoxy groups -OCH3 is 2. The van der Waals surface area contributed by atoms with Gasteiger partial charge in [-0.05, 0) is 6.07 Å². The van der Waals surface area contributed by atoms with E-state index < -0.39 is 26.1 Å². The van der Waals surface area contributed by atoms with Crippen molar-refractivity contribution in [3.8, 4) is 11.6 Å². The Morgan fingerprint density at radius 1 is 1.35 bits per heavy atom. The first-order chi connectivity index (χ1) is 7.81. The first kappa shape index (κ1) is 13.9. The number of hydrogen-bond donors (Lipinski definition) is 0. The molecule has 0 aliphatic heterocycles. The van der Waals surface area contributed by atoms with Crippen molar-refractivity contribution in [3.05, 3.63) is 11.6 Å². The highest BCUT2D eigenvalue weighted by molar-refractivity contribution is 8.13. The third-order valence-corrected chi connectivity index (χ3v) is 3.05. The van der Waals surface area contributed by atoms with E-state index in [9.17, 15) is 17.2 Å². The van der Waals surface area contributed by atoms with Crippen molar-refractivity contribution in [2.75, 3.05) is 14.2 Å². The van der Waals surface area contributed by atoms with E-state index in [-0.39, 0.29) is 11.6 Å². The fourth-order valence-corrected chi connectivity index (χ4v) is 2.11. The molecule has 1 rings (SSSR count). The predicted octanol–water partition coefficient (Wildman–Crippen LogP) is 1.96. The van der Waals surface area contributed by atoms with Crippen LogP contribution in [0.2, 0.25) is 0 Å². The molecule has 0 bridgehead atoms. The van der Waals surface area contributed by atoms with Crippen LogP contribution < -0.4 is 9.47 Å². The Morgan fingerprint density at radius 2 is 1.94 bits per heavy atom. The summed E-state index contributed by atoms with van der Waals surface area (Å²) >= 11 is 0. The second kappa shape index (κ2) is 5.01. The molecule has 0 spiro atoms. The number of ether oxygens (including phenoxy) is 2. The van der Waals surface area contributed by atoms with Crippen molar-refractivity contribution in [2.24, 2.45) is 0 Å². The van der Waals surface area contributed by atoms with Gasteiger partial charge >= 0.3 is 0 Å². The molecule has 0 amide bonds. The molecule has 5 nitrogen and oxygen atoms in total. The van der Waals surface area contributed by atoms with Crippen LogP contribution in [0.5, 0.6) is 11.6 Å². The molecule has 0 unspecified atom stereocenters. The van der Waals surface area contributed by atoms with Gasteiger partial charge in [0.1, 0.15) is 0 Å². The first-order valence-electron chi connectivity index (χ1n) is 4.17. The van der Waals surface area contributed by atoms with Crippen molar-refractivity contribution < 1.29 is 26.7 Å². The fourth-order valence-electron chi connectivity index (χ4n) is 1.12. The Hall–Kier alpha value is -1.15. The lowest BCUT2D eigenvalue weighted by atomic mass is 10.3. The Balaban J connectivity index is 3.58. The number of alkyl halides is 2. The van der Waals surface area contributed by atoms with E-state index in [4.69, 9.17) is 20.2 Å². The van der Waals surface area contributed by atoms with Crippen LogP contribution in [0.15, 0.2) is 11.1 Å². The monoisotopic (exact) mass is 287 g/mol. The van der Waals surface area contributed by atoms with Crippen LogP contribution in [0.1, 0.15) is 12.0 Å². The average Bonchev–Trinajstić information content (AvgIpc) is 2.25. The molecule has 9 heteroatoms. The van der Waals surface area contributed by atoms with Crippen LogP contribution in [0, 0.1) is 0 Å². The van der Waals surface area contributed by atoms with Crippen molar-refractivity contribution in [3.63, 3.8) is 0 Å². The molecule has 17 heavy (non-hydrogen) atoms. The lowest BCUT2D eigenvalue weighted by Crippen LogP contribution is -2.05. The third-order valence-electron chi connectivity index (χ3n) is 1.83. The van der Waals surface area contributed by atoms with E-state index in [0.29, 0.717) is 0 Å². The smallest absolute Gasteiger partial charge is 0.279 e. The molecule has 0 aliphatic rings. The summed E-state index contributed by atoms with van der Waals surface area (Å²) in [7, 11) is 3.03. The van der Waals surface area contributed by atoms with Gasteiger partial charge < -0.3 is 9.47 Å². The van der Waals surface area contributed by atoms with Gasteiger partial charge in [-0.25, -0.2) is 17.2 Å². The second-order valence-corrected chi connectivity index (χ2v) is 5.31. The molecule has 1 aromatic heterocycles. The normalized spacial score (nSPS) is 11.6. The minimum Gasteiger partial charge on any atom is -0.491 e. The summed E-state index contributed by atoms with van der Waals surface area (Å²) in [5.41, 5.74) is -0.836. The van der Waals surface area contributed by atoms with E-state index in [1.165, 1.54) is 14.2 Å². The molecule has 1 heterocycles. The van der Waals surface area contributed by atoms with Crippen molar-refractivity contribution in [1.29, 1.82) is 0 Å². The van der Waals surface area contributed by atoms with Gasteiger partial charge in [0.15, 0.2) is 10.8 Å². The van der Waals surface area contributed by atoms with Crippen LogP contribution >= 0.6 is 10.7 Å². The fraction of sp³-hybridized carbons (Fsp3) is 0.375. The van der Waals surface area contributed by atoms with Crippen molar-refractivity contribution in [1.82, 2.24) is 4.98 Å². The minimum atomic E-state index is -4.39. The van der Waals surface area contributed by atoms with Crippen LogP contribution in [0.4, 0.5) is 8.78 Å². The van der Waals surface area contributed by atoms with Gasteiger partial charge in [0.25, 0.3) is 21.4 Å². The molecule has 0 N–H and O–H groups in total. The van der Waals surface area contributed by atoms with E-state index in [1.54, 1.807) is 0 Å². The number of nitrogens with zero attached hydrogens (tertiary/aromatic N) is 1. The van der Waals surface area contributed by atoms with Crippen LogP contribution in [-0.4, -0.2) is 27.6 Å². The molecule has 0 saturated carbocycles. The minimum absolute atomic E-state index is 0.105. The SMILES string of the molecule is COc1cc(C(F)F)c(S(=O)(=O)Cl)nc1OC. The summed E-state index contributed by atoms with van der Waals surface area (Å²) in [6, 6.07) is 0.825. The number of aromatic nitrogens is 1. The summed E-state index contributed by atoms with van der Waals surface area (Å²) in [6.07, 6.45) is -3.05. The zero-order chi connectivity index (χ0) is 13.2. The van der Waals surface area contributed by atoms with Crippen LogP contribution in [0.3, 0.4) is 0 Å².